The van der Waals surface area contributed by atoms with Crippen molar-refractivity contribution in [2.45, 2.75) is 43.2 Å². The first-order valence-electron chi connectivity index (χ1n) is 10.6. The normalized spacial score (nSPS) is 32.9. The van der Waals surface area contributed by atoms with Gasteiger partial charge in [-0.25, -0.2) is 0 Å². The summed E-state index contributed by atoms with van der Waals surface area (Å²) in [4.78, 5) is 2.62. The van der Waals surface area contributed by atoms with E-state index < -0.39 is 0 Å². The van der Waals surface area contributed by atoms with E-state index in [1.807, 2.05) is 0 Å². The number of hydrogen-bond acceptors (Lipinski definition) is 3. The SMILES string of the molecule is OCC1CN(C(c2ccccc2)([C@H]2C=CC=CC2)[C@H]2C=CCCC2)CC(P)O1. The highest BCUT2D eigenvalue weighted by Gasteiger charge is 2.51. The third-order valence-electron chi connectivity index (χ3n) is 6.52. The van der Waals surface area contributed by atoms with Gasteiger partial charge in [0.05, 0.1) is 24.1 Å². The van der Waals surface area contributed by atoms with E-state index in [1.54, 1.807) is 0 Å². The summed E-state index contributed by atoms with van der Waals surface area (Å²) in [5.74, 6) is 0.867. The average Bonchev–Trinajstić information content (AvgIpc) is 2.76. The molecule has 1 aromatic carbocycles. The molecule has 0 aromatic heterocycles. The predicted octanol–water partition coefficient (Wildman–Crippen LogP) is 4.26. The minimum atomic E-state index is -0.144. The van der Waals surface area contributed by atoms with Crippen LogP contribution in [0.2, 0.25) is 0 Å². The quantitative estimate of drug-likeness (QED) is 0.595. The van der Waals surface area contributed by atoms with Crippen LogP contribution < -0.4 is 0 Å². The van der Waals surface area contributed by atoms with Crippen molar-refractivity contribution in [3.05, 3.63) is 72.4 Å². The van der Waals surface area contributed by atoms with E-state index in [0.717, 1.165) is 19.5 Å². The molecule has 1 heterocycles. The molecule has 4 rings (SSSR count). The molecule has 0 saturated carbocycles. The van der Waals surface area contributed by atoms with Gasteiger partial charge >= 0.3 is 0 Å². The molecule has 3 aliphatic rings. The minimum Gasteiger partial charge on any atom is -0.394 e. The molecule has 150 valence electrons. The summed E-state index contributed by atoms with van der Waals surface area (Å²) in [5.41, 5.74) is 1.25. The second-order valence-electron chi connectivity index (χ2n) is 8.20. The van der Waals surface area contributed by atoms with E-state index in [-0.39, 0.29) is 24.1 Å². The van der Waals surface area contributed by atoms with Gasteiger partial charge < -0.3 is 9.84 Å². The Labute approximate surface area is 171 Å². The van der Waals surface area contributed by atoms with Gasteiger partial charge in [0.1, 0.15) is 0 Å². The first-order valence-corrected chi connectivity index (χ1v) is 11.2. The zero-order chi connectivity index (χ0) is 19.4. The summed E-state index contributed by atoms with van der Waals surface area (Å²) in [7, 11) is 2.83. The Hall–Kier alpha value is -1.25. The minimum absolute atomic E-state index is 0.0321. The number of ether oxygens (including phenoxy) is 1. The second kappa shape index (κ2) is 9.05. The molecule has 3 nitrogen and oxygen atoms in total. The van der Waals surface area contributed by atoms with Crippen molar-refractivity contribution in [1.29, 1.82) is 0 Å². The molecule has 0 radical (unpaired) electrons. The van der Waals surface area contributed by atoms with Crippen LogP contribution in [0.4, 0.5) is 0 Å². The zero-order valence-corrected chi connectivity index (χ0v) is 17.6. The van der Waals surface area contributed by atoms with Crippen molar-refractivity contribution in [3.63, 3.8) is 0 Å². The first kappa shape index (κ1) is 20.0. The topological polar surface area (TPSA) is 32.7 Å². The van der Waals surface area contributed by atoms with E-state index >= 15 is 0 Å². The average molecular weight is 397 g/mol. The largest absolute Gasteiger partial charge is 0.394 e. The number of benzene rings is 1. The lowest BCUT2D eigenvalue weighted by molar-refractivity contribution is -0.123. The number of morpholine rings is 1. The molecular formula is C24H32NO2P. The predicted molar refractivity (Wildman–Crippen MR) is 118 cm³/mol. The third-order valence-corrected chi connectivity index (χ3v) is 6.89. The Balaban J connectivity index is 1.86. The van der Waals surface area contributed by atoms with Crippen LogP contribution in [0.1, 0.15) is 31.2 Å². The lowest BCUT2D eigenvalue weighted by Gasteiger charge is -2.56. The molecule has 0 spiro atoms. The van der Waals surface area contributed by atoms with Crippen molar-refractivity contribution >= 4 is 9.24 Å². The van der Waals surface area contributed by atoms with Gasteiger partial charge in [0.15, 0.2) is 0 Å². The van der Waals surface area contributed by atoms with Crippen LogP contribution in [0, 0.1) is 11.8 Å². The number of aliphatic hydroxyl groups excluding tert-OH is 1. The molecule has 6 atom stereocenters. The Morgan fingerprint density at radius 1 is 1.07 bits per heavy atom. The maximum atomic E-state index is 9.88. The van der Waals surface area contributed by atoms with Gasteiger partial charge in [-0.3, -0.25) is 4.90 Å². The molecular weight excluding hydrogens is 365 g/mol. The fourth-order valence-electron chi connectivity index (χ4n) is 5.42. The molecule has 0 bridgehead atoms. The van der Waals surface area contributed by atoms with Crippen molar-refractivity contribution in [3.8, 4) is 0 Å². The van der Waals surface area contributed by atoms with Crippen molar-refractivity contribution in [2.24, 2.45) is 11.8 Å². The molecule has 1 fully saturated rings. The first-order chi connectivity index (χ1) is 13.7. The van der Waals surface area contributed by atoms with Crippen LogP contribution >= 0.6 is 9.24 Å². The molecule has 4 unspecified atom stereocenters. The van der Waals surface area contributed by atoms with Crippen LogP contribution in [0.15, 0.2) is 66.8 Å². The van der Waals surface area contributed by atoms with Crippen LogP contribution in [0.5, 0.6) is 0 Å². The van der Waals surface area contributed by atoms with Gasteiger partial charge in [-0.15, -0.1) is 9.24 Å². The summed E-state index contributed by atoms with van der Waals surface area (Å²) >= 11 is 0. The van der Waals surface area contributed by atoms with E-state index in [0.29, 0.717) is 11.8 Å². The number of aliphatic hydroxyl groups is 1. The van der Waals surface area contributed by atoms with Crippen LogP contribution in [-0.4, -0.2) is 41.7 Å². The van der Waals surface area contributed by atoms with Crippen LogP contribution in [0.3, 0.4) is 0 Å². The van der Waals surface area contributed by atoms with E-state index in [2.05, 4.69) is 80.9 Å². The number of nitrogens with zero attached hydrogens (tertiary/aromatic N) is 1. The molecule has 1 saturated heterocycles. The molecule has 2 aliphatic carbocycles. The fourth-order valence-corrected chi connectivity index (χ4v) is 5.90. The number of rotatable bonds is 5. The summed E-state index contributed by atoms with van der Waals surface area (Å²) < 4.78 is 5.99. The Kier molecular flexibility index (Phi) is 6.48. The van der Waals surface area contributed by atoms with E-state index in [4.69, 9.17) is 4.74 Å². The monoisotopic (exact) mass is 397 g/mol. The highest BCUT2D eigenvalue weighted by molar-refractivity contribution is 7.17. The molecule has 1 N–H and O–H groups in total. The highest BCUT2D eigenvalue weighted by Crippen LogP contribution is 2.50. The summed E-state index contributed by atoms with van der Waals surface area (Å²) in [6.45, 7) is 1.68. The summed E-state index contributed by atoms with van der Waals surface area (Å²) in [6, 6.07) is 11.0. The Morgan fingerprint density at radius 2 is 1.93 bits per heavy atom. The lowest BCUT2D eigenvalue weighted by atomic mass is 9.63. The van der Waals surface area contributed by atoms with E-state index in [1.165, 1.54) is 24.8 Å². The van der Waals surface area contributed by atoms with Crippen LogP contribution in [0.25, 0.3) is 0 Å². The van der Waals surface area contributed by atoms with E-state index in [9.17, 15) is 5.11 Å². The van der Waals surface area contributed by atoms with Crippen molar-refractivity contribution < 1.29 is 9.84 Å². The third kappa shape index (κ3) is 3.78. The van der Waals surface area contributed by atoms with Crippen LogP contribution in [-0.2, 0) is 10.3 Å². The molecule has 1 aromatic rings. The van der Waals surface area contributed by atoms with Gasteiger partial charge in [0, 0.05) is 19.0 Å². The fraction of sp³-hybridized carbons (Fsp3) is 0.500. The Bertz CT molecular complexity index is 727. The second-order valence-corrected chi connectivity index (χ2v) is 8.94. The smallest absolute Gasteiger partial charge is 0.0941 e. The van der Waals surface area contributed by atoms with Gasteiger partial charge in [-0.1, -0.05) is 66.8 Å². The van der Waals surface area contributed by atoms with Crippen molar-refractivity contribution in [2.75, 3.05) is 19.7 Å². The van der Waals surface area contributed by atoms with Gasteiger partial charge in [0.25, 0.3) is 0 Å². The molecule has 4 heteroatoms. The van der Waals surface area contributed by atoms with Gasteiger partial charge in [-0.2, -0.15) is 0 Å². The summed E-state index contributed by atoms with van der Waals surface area (Å²) in [6.07, 6.45) is 18.4. The number of hydrogen-bond donors (Lipinski definition) is 1. The Morgan fingerprint density at radius 3 is 2.61 bits per heavy atom. The zero-order valence-electron chi connectivity index (χ0n) is 16.5. The van der Waals surface area contributed by atoms with Gasteiger partial charge in [0.2, 0.25) is 0 Å². The van der Waals surface area contributed by atoms with Crippen molar-refractivity contribution in [1.82, 2.24) is 4.90 Å². The number of allylic oxidation sites excluding steroid dienone is 4. The van der Waals surface area contributed by atoms with Gasteiger partial charge in [-0.05, 0) is 37.2 Å². The maximum Gasteiger partial charge on any atom is 0.0941 e. The molecule has 0 amide bonds. The lowest BCUT2D eigenvalue weighted by Crippen LogP contribution is -2.62. The highest BCUT2D eigenvalue weighted by atomic mass is 31.0. The molecule has 1 aliphatic heterocycles. The molecule has 28 heavy (non-hydrogen) atoms. The summed E-state index contributed by atoms with van der Waals surface area (Å²) in [5, 5.41) is 9.88. The standard InChI is InChI=1S/C24H32NO2P/c26-18-22-16-25(17-23(28)27-22)24(19-10-4-1-5-11-19,20-12-6-2-7-13-20)21-14-8-3-9-15-21/h1-2,4-8,10-12,14,20-23,26H,3,9,13,15-18,28H2/t20-,21-,22?,23?,24?/m0/s1. The maximum absolute atomic E-state index is 9.88.